The van der Waals surface area contributed by atoms with Gasteiger partial charge in [0.25, 0.3) is 0 Å². The van der Waals surface area contributed by atoms with Crippen LogP contribution in [0.15, 0.2) is 18.2 Å². The van der Waals surface area contributed by atoms with E-state index in [2.05, 4.69) is 16.6 Å². The molecular formula is C12H10O5. The molecule has 0 aromatic heterocycles. The van der Waals surface area contributed by atoms with E-state index >= 15 is 0 Å². The first kappa shape index (κ1) is 12.6. The summed E-state index contributed by atoms with van der Waals surface area (Å²) < 4.78 is 4.48. The van der Waals surface area contributed by atoms with Crippen LogP contribution in [0.4, 0.5) is 0 Å². The van der Waals surface area contributed by atoms with E-state index in [1.165, 1.54) is 25.3 Å². The molecule has 0 radical (unpaired) electrons. The first-order valence-corrected chi connectivity index (χ1v) is 4.66. The standard InChI is InChI=1S/C12H10O5/c1-17-12(16)9-6-5-8(10(13)7-9)3-2-4-11(14)15/h5-7,13H,4H2,1H3,(H,14,15). The highest BCUT2D eigenvalue weighted by Crippen LogP contribution is 2.18. The Morgan fingerprint density at radius 3 is 2.65 bits per heavy atom. The van der Waals surface area contributed by atoms with Crippen LogP contribution >= 0.6 is 0 Å². The van der Waals surface area contributed by atoms with Crippen molar-refractivity contribution in [1.82, 2.24) is 0 Å². The van der Waals surface area contributed by atoms with Crippen LogP contribution in [-0.2, 0) is 9.53 Å². The lowest BCUT2D eigenvalue weighted by Gasteiger charge is -2.01. The molecule has 17 heavy (non-hydrogen) atoms. The summed E-state index contributed by atoms with van der Waals surface area (Å²) in [6, 6.07) is 4.09. The van der Waals surface area contributed by atoms with E-state index in [1.807, 2.05) is 0 Å². The largest absolute Gasteiger partial charge is 0.507 e. The van der Waals surface area contributed by atoms with E-state index in [1.54, 1.807) is 0 Å². The number of aliphatic carboxylic acids is 1. The van der Waals surface area contributed by atoms with Gasteiger partial charge < -0.3 is 14.9 Å². The molecule has 0 bridgehead atoms. The number of carbonyl (C=O) groups is 2. The first-order valence-electron chi connectivity index (χ1n) is 4.66. The third-order valence-electron chi connectivity index (χ3n) is 1.88. The van der Waals surface area contributed by atoms with Crippen LogP contribution in [0, 0.1) is 11.8 Å². The molecule has 0 saturated carbocycles. The second-order valence-electron chi connectivity index (χ2n) is 3.10. The van der Waals surface area contributed by atoms with Gasteiger partial charge in [-0.05, 0) is 18.2 Å². The minimum atomic E-state index is -1.04. The third-order valence-corrected chi connectivity index (χ3v) is 1.88. The number of carboxylic acids is 1. The van der Waals surface area contributed by atoms with E-state index in [-0.39, 0.29) is 23.3 Å². The van der Waals surface area contributed by atoms with Crippen molar-refractivity contribution in [2.75, 3.05) is 7.11 Å². The maximum atomic E-state index is 11.1. The fourth-order valence-electron chi connectivity index (χ4n) is 1.10. The summed E-state index contributed by atoms with van der Waals surface area (Å²) in [5.41, 5.74) is 0.465. The van der Waals surface area contributed by atoms with Gasteiger partial charge in [0.05, 0.1) is 18.2 Å². The smallest absolute Gasteiger partial charge is 0.337 e. The summed E-state index contributed by atoms with van der Waals surface area (Å²) in [6.45, 7) is 0. The lowest BCUT2D eigenvalue weighted by molar-refractivity contribution is -0.135. The maximum Gasteiger partial charge on any atom is 0.337 e. The fraction of sp³-hybridized carbons (Fsp3) is 0.167. The van der Waals surface area contributed by atoms with E-state index in [4.69, 9.17) is 5.11 Å². The highest BCUT2D eigenvalue weighted by molar-refractivity contribution is 5.90. The molecule has 0 aliphatic heterocycles. The number of phenols is 1. The molecule has 1 rings (SSSR count). The van der Waals surface area contributed by atoms with E-state index in [0.29, 0.717) is 0 Å². The molecule has 1 aromatic rings. The lowest BCUT2D eigenvalue weighted by atomic mass is 10.1. The van der Waals surface area contributed by atoms with Crippen LogP contribution < -0.4 is 0 Å². The van der Waals surface area contributed by atoms with Gasteiger partial charge in [0.15, 0.2) is 0 Å². The van der Waals surface area contributed by atoms with Crippen molar-refractivity contribution in [3.63, 3.8) is 0 Å². The number of carboxylic acid groups (broad SMARTS) is 1. The van der Waals surface area contributed by atoms with Crippen molar-refractivity contribution in [3.05, 3.63) is 29.3 Å². The SMILES string of the molecule is COC(=O)c1ccc(C#CCC(=O)O)c(O)c1. The molecular weight excluding hydrogens is 224 g/mol. The Labute approximate surface area is 97.6 Å². The summed E-state index contributed by atoms with van der Waals surface area (Å²) in [6.07, 6.45) is -0.307. The molecule has 88 valence electrons. The number of esters is 1. The average Bonchev–Trinajstić information content (AvgIpc) is 2.29. The van der Waals surface area contributed by atoms with Crippen LogP contribution in [0.5, 0.6) is 5.75 Å². The van der Waals surface area contributed by atoms with Crippen molar-refractivity contribution in [1.29, 1.82) is 0 Å². The topological polar surface area (TPSA) is 83.8 Å². The number of ether oxygens (including phenoxy) is 1. The number of phenolic OH excluding ortho intramolecular Hbond substituents is 1. The van der Waals surface area contributed by atoms with Crippen LogP contribution in [0.2, 0.25) is 0 Å². The highest BCUT2D eigenvalue weighted by atomic mass is 16.5. The van der Waals surface area contributed by atoms with Gasteiger partial charge >= 0.3 is 11.9 Å². The Kier molecular flexibility index (Phi) is 4.12. The van der Waals surface area contributed by atoms with E-state index < -0.39 is 11.9 Å². The van der Waals surface area contributed by atoms with Crippen molar-refractivity contribution in [2.45, 2.75) is 6.42 Å². The average molecular weight is 234 g/mol. The molecule has 1 aromatic carbocycles. The zero-order valence-electron chi connectivity index (χ0n) is 9.06. The highest BCUT2D eigenvalue weighted by Gasteiger charge is 2.07. The number of hydrogen-bond acceptors (Lipinski definition) is 4. The monoisotopic (exact) mass is 234 g/mol. The molecule has 0 aliphatic rings. The van der Waals surface area contributed by atoms with Gasteiger partial charge in [-0.3, -0.25) is 4.79 Å². The van der Waals surface area contributed by atoms with Gasteiger partial charge in [0, 0.05) is 0 Å². The van der Waals surface area contributed by atoms with Gasteiger partial charge in [-0.25, -0.2) is 4.79 Å². The molecule has 5 heteroatoms. The van der Waals surface area contributed by atoms with Gasteiger partial charge in [-0.1, -0.05) is 11.8 Å². The van der Waals surface area contributed by atoms with E-state index in [9.17, 15) is 14.7 Å². The normalized spacial score (nSPS) is 9.00. The number of hydrogen-bond donors (Lipinski definition) is 2. The summed E-state index contributed by atoms with van der Waals surface area (Å²) in [5.74, 6) is 3.08. The number of methoxy groups -OCH3 is 1. The zero-order valence-corrected chi connectivity index (χ0v) is 9.06. The van der Waals surface area contributed by atoms with Gasteiger partial charge in [0.2, 0.25) is 0 Å². The first-order chi connectivity index (χ1) is 8.04. The van der Waals surface area contributed by atoms with Crippen molar-refractivity contribution < 1.29 is 24.5 Å². The Balaban J connectivity index is 2.93. The molecule has 0 heterocycles. The Morgan fingerprint density at radius 1 is 1.41 bits per heavy atom. The van der Waals surface area contributed by atoms with Gasteiger partial charge in [-0.15, -0.1) is 0 Å². The minimum absolute atomic E-state index is 0.189. The second kappa shape index (κ2) is 5.56. The van der Waals surface area contributed by atoms with Gasteiger partial charge in [-0.2, -0.15) is 0 Å². The molecule has 2 N–H and O–H groups in total. The van der Waals surface area contributed by atoms with Crippen LogP contribution in [-0.4, -0.2) is 29.3 Å². The lowest BCUT2D eigenvalue weighted by Crippen LogP contribution is -2.00. The van der Waals surface area contributed by atoms with Crippen LogP contribution in [0.3, 0.4) is 0 Å². The predicted molar refractivity (Wildman–Crippen MR) is 58.6 cm³/mol. The number of rotatable bonds is 2. The summed E-state index contributed by atoms with van der Waals surface area (Å²) in [5, 5.41) is 17.9. The summed E-state index contributed by atoms with van der Waals surface area (Å²) >= 11 is 0. The zero-order chi connectivity index (χ0) is 12.8. The molecule has 0 aliphatic carbocycles. The third kappa shape index (κ3) is 3.54. The maximum absolute atomic E-state index is 11.1. The molecule has 0 fully saturated rings. The molecule has 5 nitrogen and oxygen atoms in total. The summed E-state index contributed by atoms with van der Waals surface area (Å²) in [7, 11) is 1.24. The quantitative estimate of drug-likeness (QED) is 0.589. The molecule has 0 spiro atoms. The Bertz CT molecular complexity index is 507. The Hall–Kier alpha value is -2.48. The molecule has 0 unspecified atom stereocenters. The van der Waals surface area contributed by atoms with Crippen LogP contribution in [0.1, 0.15) is 22.3 Å². The molecule has 0 amide bonds. The Morgan fingerprint density at radius 2 is 2.12 bits per heavy atom. The molecule has 0 atom stereocenters. The van der Waals surface area contributed by atoms with Gasteiger partial charge in [0.1, 0.15) is 12.2 Å². The van der Waals surface area contributed by atoms with Crippen molar-refractivity contribution in [3.8, 4) is 17.6 Å². The molecule has 0 saturated heterocycles. The fourth-order valence-corrected chi connectivity index (χ4v) is 1.10. The number of aromatic hydroxyl groups is 1. The van der Waals surface area contributed by atoms with E-state index in [0.717, 1.165) is 0 Å². The number of carbonyl (C=O) groups excluding carboxylic acids is 1. The number of benzene rings is 1. The summed E-state index contributed by atoms with van der Waals surface area (Å²) in [4.78, 5) is 21.4. The minimum Gasteiger partial charge on any atom is -0.507 e. The predicted octanol–water partition coefficient (Wildman–Crippen LogP) is 1.00. The van der Waals surface area contributed by atoms with Crippen molar-refractivity contribution in [2.24, 2.45) is 0 Å². The van der Waals surface area contributed by atoms with Crippen molar-refractivity contribution >= 4 is 11.9 Å². The van der Waals surface area contributed by atoms with Crippen LogP contribution in [0.25, 0.3) is 0 Å². The second-order valence-corrected chi connectivity index (χ2v) is 3.10.